The van der Waals surface area contributed by atoms with Gasteiger partial charge in [-0.15, -0.1) is 0 Å². The van der Waals surface area contributed by atoms with Crippen LogP contribution in [0.5, 0.6) is 0 Å². The van der Waals surface area contributed by atoms with Gasteiger partial charge in [0.25, 0.3) is 0 Å². The van der Waals surface area contributed by atoms with Crippen LogP contribution in [0.25, 0.3) is 0 Å². The lowest BCUT2D eigenvalue weighted by molar-refractivity contribution is -0.135. The van der Waals surface area contributed by atoms with Crippen LogP contribution in [0.4, 0.5) is 0 Å². The van der Waals surface area contributed by atoms with Gasteiger partial charge in [-0.3, -0.25) is 9.69 Å². The molecule has 0 unspecified atom stereocenters. The van der Waals surface area contributed by atoms with Gasteiger partial charge in [0.2, 0.25) is 5.91 Å². The van der Waals surface area contributed by atoms with Crippen molar-refractivity contribution in [1.29, 1.82) is 0 Å². The van der Waals surface area contributed by atoms with Crippen LogP contribution in [0.15, 0.2) is 30.3 Å². The number of amides is 1. The van der Waals surface area contributed by atoms with Crippen LogP contribution in [-0.2, 0) is 11.3 Å². The fourth-order valence-corrected chi connectivity index (χ4v) is 3.30. The molecule has 1 fully saturated rings. The van der Waals surface area contributed by atoms with E-state index in [9.17, 15) is 4.79 Å². The number of nitrogens with zero attached hydrogens (tertiary/aromatic N) is 2. The summed E-state index contributed by atoms with van der Waals surface area (Å²) in [5.41, 5.74) is 7.38. The Morgan fingerprint density at radius 3 is 2.57 bits per heavy atom. The van der Waals surface area contributed by atoms with E-state index < -0.39 is 6.04 Å². The number of nitrogens with two attached hydrogens (primary N) is 1. The van der Waals surface area contributed by atoms with Crippen molar-refractivity contribution >= 4 is 5.91 Å². The second-order valence-electron chi connectivity index (χ2n) is 7.20. The average molecular weight is 317 g/mol. The minimum absolute atomic E-state index is 0.0775. The first-order valence-electron chi connectivity index (χ1n) is 8.70. The van der Waals surface area contributed by atoms with Crippen molar-refractivity contribution in [3.63, 3.8) is 0 Å². The minimum Gasteiger partial charge on any atom is -0.341 e. The van der Waals surface area contributed by atoms with Crippen LogP contribution in [-0.4, -0.2) is 47.4 Å². The third-order valence-corrected chi connectivity index (χ3v) is 5.11. The summed E-state index contributed by atoms with van der Waals surface area (Å²) in [6.45, 7) is 8.27. The summed E-state index contributed by atoms with van der Waals surface area (Å²) in [5.74, 6) is 0.259. The molecule has 4 heteroatoms. The smallest absolute Gasteiger partial charge is 0.239 e. The van der Waals surface area contributed by atoms with Crippen LogP contribution < -0.4 is 5.73 Å². The Kier molecular flexibility index (Phi) is 6.19. The van der Waals surface area contributed by atoms with Crippen molar-refractivity contribution in [2.24, 2.45) is 11.7 Å². The summed E-state index contributed by atoms with van der Waals surface area (Å²) in [7, 11) is 1.91. The predicted octanol–water partition coefficient (Wildman–Crippen LogP) is 2.48. The maximum Gasteiger partial charge on any atom is 0.239 e. The highest BCUT2D eigenvalue weighted by Crippen LogP contribution is 2.23. The number of piperidine rings is 1. The van der Waals surface area contributed by atoms with Crippen LogP contribution >= 0.6 is 0 Å². The van der Waals surface area contributed by atoms with Gasteiger partial charge in [0, 0.05) is 32.2 Å². The molecular weight excluding hydrogens is 286 g/mol. The number of hydrogen-bond donors (Lipinski definition) is 1. The monoisotopic (exact) mass is 317 g/mol. The van der Waals surface area contributed by atoms with E-state index >= 15 is 0 Å². The van der Waals surface area contributed by atoms with Crippen molar-refractivity contribution in [2.45, 2.75) is 58.3 Å². The normalized spacial score (nSPS) is 23.7. The highest BCUT2D eigenvalue weighted by Gasteiger charge is 2.32. The van der Waals surface area contributed by atoms with Gasteiger partial charge in [0.1, 0.15) is 0 Å². The second kappa shape index (κ2) is 7.93. The third-order valence-electron chi connectivity index (χ3n) is 5.11. The van der Waals surface area contributed by atoms with E-state index in [-0.39, 0.29) is 11.8 Å². The molecule has 2 rings (SSSR count). The number of rotatable bonds is 5. The number of hydrogen-bond acceptors (Lipinski definition) is 3. The van der Waals surface area contributed by atoms with Crippen LogP contribution in [0.1, 0.15) is 39.2 Å². The molecule has 23 heavy (non-hydrogen) atoms. The lowest BCUT2D eigenvalue weighted by Crippen LogP contribution is -2.53. The van der Waals surface area contributed by atoms with Gasteiger partial charge in [-0.05, 0) is 31.2 Å². The van der Waals surface area contributed by atoms with Gasteiger partial charge in [-0.2, -0.15) is 0 Å². The maximum absolute atomic E-state index is 12.5. The van der Waals surface area contributed by atoms with Gasteiger partial charge < -0.3 is 10.6 Å². The molecule has 0 spiro atoms. The molecule has 0 bridgehead atoms. The Morgan fingerprint density at radius 2 is 2.00 bits per heavy atom. The summed E-state index contributed by atoms with van der Waals surface area (Å²) in [5, 5.41) is 0. The van der Waals surface area contributed by atoms with Gasteiger partial charge in [-0.1, -0.05) is 44.2 Å². The first-order chi connectivity index (χ1) is 10.9. The molecule has 4 nitrogen and oxygen atoms in total. The van der Waals surface area contributed by atoms with Gasteiger partial charge in [-0.25, -0.2) is 0 Å². The molecule has 1 aromatic carbocycles. The van der Waals surface area contributed by atoms with Gasteiger partial charge in [0.05, 0.1) is 6.04 Å². The molecular formula is C19H31N3O. The summed E-state index contributed by atoms with van der Waals surface area (Å²) in [6, 6.07) is 11.0. The lowest BCUT2D eigenvalue weighted by atomic mass is 9.95. The van der Waals surface area contributed by atoms with E-state index in [2.05, 4.69) is 42.2 Å². The molecule has 0 aliphatic carbocycles. The lowest BCUT2D eigenvalue weighted by Gasteiger charge is -2.42. The predicted molar refractivity (Wildman–Crippen MR) is 94.9 cm³/mol. The Morgan fingerprint density at radius 1 is 1.35 bits per heavy atom. The minimum atomic E-state index is -0.391. The van der Waals surface area contributed by atoms with E-state index in [0.29, 0.717) is 12.1 Å². The number of carbonyl (C=O) groups is 1. The Balaban J connectivity index is 1.91. The molecule has 1 aromatic rings. The number of carbonyl (C=O) groups excluding carboxylic acids is 1. The van der Waals surface area contributed by atoms with E-state index in [4.69, 9.17) is 5.73 Å². The molecule has 1 heterocycles. The zero-order valence-corrected chi connectivity index (χ0v) is 14.9. The summed E-state index contributed by atoms with van der Waals surface area (Å²) in [6.07, 6.45) is 2.03. The molecule has 1 amide bonds. The third kappa shape index (κ3) is 4.55. The molecule has 128 valence electrons. The van der Waals surface area contributed by atoms with Crippen LogP contribution in [0.3, 0.4) is 0 Å². The summed E-state index contributed by atoms with van der Waals surface area (Å²) in [4.78, 5) is 16.8. The quantitative estimate of drug-likeness (QED) is 0.907. The highest BCUT2D eigenvalue weighted by atomic mass is 16.2. The standard InChI is InChI=1S/C19H31N3O/c1-14(2)18(20)19(23)21(4)17-10-11-22(15(3)12-17)13-16-8-6-5-7-9-16/h5-9,14-15,17-18H,10-13,20H2,1-4H3/t15-,17+,18+/m1/s1. The fourth-order valence-electron chi connectivity index (χ4n) is 3.30. The molecule has 0 radical (unpaired) electrons. The molecule has 0 saturated carbocycles. The molecule has 1 aliphatic heterocycles. The number of benzene rings is 1. The van der Waals surface area contributed by atoms with Crippen molar-refractivity contribution in [3.05, 3.63) is 35.9 Å². The van der Waals surface area contributed by atoms with Gasteiger partial charge in [0.15, 0.2) is 0 Å². The second-order valence-corrected chi connectivity index (χ2v) is 7.20. The molecule has 1 aliphatic rings. The van der Waals surface area contributed by atoms with Crippen LogP contribution in [0, 0.1) is 5.92 Å². The molecule has 2 N–H and O–H groups in total. The Labute approximate surface area is 140 Å². The average Bonchev–Trinajstić information content (AvgIpc) is 2.55. The van der Waals surface area contributed by atoms with Crippen molar-refractivity contribution in [3.8, 4) is 0 Å². The van der Waals surface area contributed by atoms with Crippen LogP contribution in [0.2, 0.25) is 0 Å². The van der Waals surface area contributed by atoms with E-state index in [1.54, 1.807) is 0 Å². The topological polar surface area (TPSA) is 49.6 Å². The number of likely N-dealkylation sites (N-methyl/N-ethyl adjacent to an activating group) is 1. The van der Waals surface area contributed by atoms with E-state index in [1.165, 1.54) is 5.56 Å². The Bertz CT molecular complexity index is 503. The number of likely N-dealkylation sites (tertiary alicyclic amines) is 1. The highest BCUT2D eigenvalue weighted by molar-refractivity contribution is 5.82. The molecule has 0 aromatic heterocycles. The molecule has 1 saturated heterocycles. The fraction of sp³-hybridized carbons (Fsp3) is 0.632. The largest absolute Gasteiger partial charge is 0.341 e. The summed E-state index contributed by atoms with van der Waals surface area (Å²) >= 11 is 0. The van der Waals surface area contributed by atoms with Gasteiger partial charge >= 0.3 is 0 Å². The zero-order valence-electron chi connectivity index (χ0n) is 14.9. The SMILES string of the molecule is CC(C)[C@H](N)C(=O)N(C)[C@H]1CCN(Cc2ccccc2)[C@H](C)C1. The Hall–Kier alpha value is -1.39. The van der Waals surface area contributed by atoms with Crippen molar-refractivity contribution < 1.29 is 4.79 Å². The first kappa shape index (κ1) is 18.0. The van der Waals surface area contributed by atoms with E-state index in [0.717, 1.165) is 25.9 Å². The van der Waals surface area contributed by atoms with Crippen molar-refractivity contribution in [2.75, 3.05) is 13.6 Å². The zero-order chi connectivity index (χ0) is 17.0. The van der Waals surface area contributed by atoms with Crippen molar-refractivity contribution in [1.82, 2.24) is 9.80 Å². The first-order valence-corrected chi connectivity index (χ1v) is 8.70. The molecule has 3 atom stereocenters. The van der Waals surface area contributed by atoms with E-state index in [1.807, 2.05) is 25.8 Å². The summed E-state index contributed by atoms with van der Waals surface area (Å²) < 4.78 is 0. The maximum atomic E-state index is 12.5.